The third kappa shape index (κ3) is 4.35. The maximum atomic E-state index is 13.1. The second-order valence-corrected chi connectivity index (χ2v) is 8.40. The molecule has 0 spiro atoms. The minimum atomic E-state index is 0.110. The van der Waals surface area contributed by atoms with Crippen LogP contribution in [0.15, 0.2) is 29.4 Å². The SMILES string of the molecule is CSc1nc2nc(C)c(CC(=O)N3CCCN(c4ccc(C#N)cc4)CC3)c(C)n2n1. The Balaban J connectivity index is 1.47. The van der Waals surface area contributed by atoms with Crippen LogP contribution < -0.4 is 4.90 Å². The van der Waals surface area contributed by atoms with E-state index in [1.807, 2.05) is 49.3 Å². The largest absolute Gasteiger partial charge is 0.370 e. The maximum Gasteiger partial charge on any atom is 0.253 e. The van der Waals surface area contributed by atoms with Crippen LogP contribution >= 0.6 is 11.8 Å². The quantitative estimate of drug-likeness (QED) is 0.582. The lowest BCUT2D eigenvalue weighted by molar-refractivity contribution is -0.130. The summed E-state index contributed by atoms with van der Waals surface area (Å²) in [4.78, 5) is 26.3. The number of hydrogen-bond donors (Lipinski definition) is 0. The molecule has 0 atom stereocenters. The molecule has 0 radical (unpaired) electrons. The molecule has 1 saturated heterocycles. The van der Waals surface area contributed by atoms with Crippen molar-refractivity contribution in [1.82, 2.24) is 24.5 Å². The zero-order chi connectivity index (χ0) is 22.0. The molecule has 1 aromatic carbocycles. The number of thioether (sulfide) groups is 1. The van der Waals surface area contributed by atoms with Crippen LogP contribution in [-0.2, 0) is 11.2 Å². The fourth-order valence-corrected chi connectivity index (χ4v) is 4.30. The summed E-state index contributed by atoms with van der Waals surface area (Å²) in [6.07, 6.45) is 3.15. The fourth-order valence-electron chi connectivity index (χ4n) is 3.97. The average molecular weight is 436 g/mol. The average Bonchev–Trinajstić information content (AvgIpc) is 3.04. The van der Waals surface area contributed by atoms with Crippen LogP contribution in [-0.4, -0.2) is 62.8 Å². The van der Waals surface area contributed by atoms with E-state index >= 15 is 0 Å². The van der Waals surface area contributed by atoms with E-state index in [2.05, 4.69) is 26.0 Å². The Hall–Kier alpha value is -3.12. The topological polar surface area (TPSA) is 90.4 Å². The summed E-state index contributed by atoms with van der Waals surface area (Å²) < 4.78 is 1.73. The van der Waals surface area contributed by atoms with Crippen molar-refractivity contribution < 1.29 is 4.79 Å². The molecule has 4 rings (SSSR count). The number of hydrogen-bond acceptors (Lipinski definition) is 7. The molecule has 0 saturated carbocycles. The number of rotatable bonds is 4. The van der Waals surface area contributed by atoms with E-state index < -0.39 is 0 Å². The van der Waals surface area contributed by atoms with E-state index in [4.69, 9.17) is 5.26 Å². The van der Waals surface area contributed by atoms with Crippen molar-refractivity contribution >= 4 is 29.1 Å². The molecule has 0 unspecified atom stereocenters. The van der Waals surface area contributed by atoms with Crippen molar-refractivity contribution in [2.24, 2.45) is 0 Å². The molecular formula is C22H25N7OS. The van der Waals surface area contributed by atoms with Gasteiger partial charge in [-0.1, -0.05) is 11.8 Å². The van der Waals surface area contributed by atoms with Crippen molar-refractivity contribution in [3.63, 3.8) is 0 Å². The van der Waals surface area contributed by atoms with E-state index in [0.717, 1.165) is 48.7 Å². The number of nitriles is 1. The van der Waals surface area contributed by atoms with Gasteiger partial charge >= 0.3 is 0 Å². The number of anilines is 1. The molecule has 1 aliphatic rings. The first-order chi connectivity index (χ1) is 15.0. The predicted molar refractivity (Wildman–Crippen MR) is 120 cm³/mol. The highest BCUT2D eigenvalue weighted by molar-refractivity contribution is 7.98. The summed E-state index contributed by atoms with van der Waals surface area (Å²) in [7, 11) is 0. The van der Waals surface area contributed by atoms with Crippen molar-refractivity contribution in [3.8, 4) is 6.07 Å². The summed E-state index contributed by atoms with van der Waals surface area (Å²) >= 11 is 1.48. The Morgan fingerprint density at radius 2 is 1.90 bits per heavy atom. The van der Waals surface area contributed by atoms with Gasteiger partial charge in [0.1, 0.15) is 0 Å². The second-order valence-electron chi connectivity index (χ2n) is 7.63. The maximum absolute atomic E-state index is 13.1. The van der Waals surface area contributed by atoms with Gasteiger partial charge < -0.3 is 9.80 Å². The summed E-state index contributed by atoms with van der Waals surface area (Å²) in [6, 6.07) is 9.78. The van der Waals surface area contributed by atoms with Crippen LogP contribution in [0.3, 0.4) is 0 Å². The standard InChI is InChI=1S/C22H25N7OS/c1-15-19(16(2)29-21(24-15)25-22(26-29)31-3)13-20(30)28-10-4-9-27(11-12-28)18-7-5-17(14-23)6-8-18/h5-8H,4,9-13H2,1-3H3. The zero-order valence-corrected chi connectivity index (χ0v) is 18.8. The van der Waals surface area contributed by atoms with Gasteiger partial charge in [-0.05, 0) is 50.8 Å². The molecule has 160 valence electrons. The van der Waals surface area contributed by atoms with Crippen LogP contribution in [0.5, 0.6) is 0 Å². The highest BCUT2D eigenvalue weighted by Crippen LogP contribution is 2.20. The van der Waals surface area contributed by atoms with Crippen LogP contribution in [0.2, 0.25) is 0 Å². The van der Waals surface area contributed by atoms with E-state index in [0.29, 0.717) is 29.5 Å². The highest BCUT2D eigenvalue weighted by Gasteiger charge is 2.22. The zero-order valence-electron chi connectivity index (χ0n) is 18.0. The molecule has 0 bridgehead atoms. The molecule has 9 heteroatoms. The molecule has 2 aromatic heterocycles. The van der Waals surface area contributed by atoms with E-state index in [1.165, 1.54) is 11.8 Å². The molecule has 0 aliphatic carbocycles. The van der Waals surface area contributed by atoms with Gasteiger partial charge in [-0.15, -0.1) is 5.10 Å². The van der Waals surface area contributed by atoms with E-state index in [1.54, 1.807) is 4.52 Å². The molecule has 31 heavy (non-hydrogen) atoms. The van der Waals surface area contributed by atoms with Crippen molar-refractivity contribution in [1.29, 1.82) is 5.26 Å². The Kier molecular flexibility index (Phi) is 6.09. The number of aromatic nitrogens is 4. The molecule has 3 heterocycles. The van der Waals surface area contributed by atoms with Crippen molar-refractivity contribution in [2.45, 2.75) is 31.8 Å². The summed E-state index contributed by atoms with van der Waals surface area (Å²) in [5.41, 5.74) is 4.41. The van der Waals surface area contributed by atoms with Gasteiger partial charge in [-0.2, -0.15) is 10.2 Å². The van der Waals surface area contributed by atoms with E-state index in [9.17, 15) is 4.79 Å². The summed E-state index contributed by atoms with van der Waals surface area (Å²) in [5.74, 6) is 0.683. The Morgan fingerprint density at radius 3 is 2.61 bits per heavy atom. The Morgan fingerprint density at radius 1 is 1.13 bits per heavy atom. The lowest BCUT2D eigenvalue weighted by atomic mass is 10.1. The van der Waals surface area contributed by atoms with Gasteiger partial charge in [-0.25, -0.2) is 9.50 Å². The number of amides is 1. The number of fused-ring (bicyclic) bond motifs is 1. The van der Waals surface area contributed by atoms with Gasteiger partial charge in [0.05, 0.1) is 18.1 Å². The van der Waals surface area contributed by atoms with Crippen molar-refractivity contribution in [2.75, 3.05) is 37.3 Å². The van der Waals surface area contributed by atoms with E-state index in [-0.39, 0.29) is 5.91 Å². The first kappa shape index (κ1) is 21.1. The van der Waals surface area contributed by atoms with Crippen LogP contribution in [0.1, 0.15) is 28.9 Å². The minimum Gasteiger partial charge on any atom is -0.370 e. The summed E-state index contributed by atoms with van der Waals surface area (Å²) in [5, 5.41) is 14.1. The van der Waals surface area contributed by atoms with Crippen LogP contribution in [0.4, 0.5) is 5.69 Å². The number of aryl methyl sites for hydroxylation is 2. The van der Waals surface area contributed by atoms with Gasteiger partial charge in [0.25, 0.3) is 5.78 Å². The predicted octanol–water partition coefficient (Wildman–Crippen LogP) is 2.62. The van der Waals surface area contributed by atoms with Gasteiger partial charge in [-0.3, -0.25) is 4.79 Å². The fraction of sp³-hybridized carbons (Fsp3) is 0.409. The van der Waals surface area contributed by atoms with Crippen LogP contribution in [0, 0.1) is 25.2 Å². The number of carbonyl (C=O) groups excluding carboxylic acids is 1. The molecular weight excluding hydrogens is 410 g/mol. The number of benzene rings is 1. The first-order valence-electron chi connectivity index (χ1n) is 10.3. The molecule has 8 nitrogen and oxygen atoms in total. The number of carbonyl (C=O) groups is 1. The lowest BCUT2D eigenvalue weighted by Gasteiger charge is -2.24. The third-order valence-electron chi connectivity index (χ3n) is 5.75. The Labute approximate surface area is 185 Å². The Bertz CT molecular complexity index is 1150. The van der Waals surface area contributed by atoms with Crippen LogP contribution in [0.25, 0.3) is 5.78 Å². The third-order valence-corrected chi connectivity index (χ3v) is 6.29. The molecule has 0 N–H and O–H groups in total. The molecule has 1 fully saturated rings. The normalized spacial score (nSPS) is 14.5. The molecule has 3 aromatic rings. The van der Waals surface area contributed by atoms with Gasteiger partial charge in [0.15, 0.2) is 0 Å². The number of nitrogens with zero attached hydrogens (tertiary/aromatic N) is 7. The minimum absolute atomic E-state index is 0.110. The smallest absolute Gasteiger partial charge is 0.253 e. The summed E-state index contributed by atoms with van der Waals surface area (Å²) in [6.45, 7) is 6.97. The highest BCUT2D eigenvalue weighted by atomic mass is 32.2. The van der Waals surface area contributed by atoms with Crippen molar-refractivity contribution in [3.05, 3.63) is 46.8 Å². The lowest BCUT2D eigenvalue weighted by Crippen LogP contribution is -2.36. The molecule has 1 amide bonds. The molecule has 1 aliphatic heterocycles. The second kappa shape index (κ2) is 8.94. The van der Waals surface area contributed by atoms with Gasteiger partial charge in [0.2, 0.25) is 11.1 Å². The monoisotopic (exact) mass is 435 g/mol. The van der Waals surface area contributed by atoms with Gasteiger partial charge in [0, 0.05) is 48.8 Å². The first-order valence-corrected chi connectivity index (χ1v) is 11.5.